The predicted octanol–water partition coefficient (Wildman–Crippen LogP) is 3.51. The van der Waals surface area contributed by atoms with Gasteiger partial charge in [-0.1, -0.05) is 6.07 Å². The molecule has 1 atom stereocenters. The topological polar surface area (TPSA) is 50.8 Å². The molecule has 0 spiro atoms. The molecule has 1 saturated heterocycles. The van der Waals surface area contributed by atoms with E-state index >= 15 is 0 Å². The molecule has 1 aliphatic rings. The molecule has 3 rings (SSSR count). The Morgan fingerprint density at radius 1 is 1.19 bits per heavy atom. The molecule has 1 aliphatic heterocycles. The third-order valence-corrected chi connectivity index (χ3v) is 5.35. The molecule has 1 aromatic heterocycles. The van der Waals surface area contributed by atoms with Crippen LogP contribution in [0.5, 0.6) is 11.5 Å². The molecule has 1 unspecified atom stereocenters. The summed E-state index contributed by atoms with van der Waals surface area (Å²) in [5, 5.41) is 5.11. The van der Waals surface area contributed by atoms with E-state index in [1.165, 1.54) is 17.7 Å². The van der Waals surface area contributed by atoms with E-state index in [2.05, 4.69) is 27.7 Å². The second-order valence-electron chi connectivity index (χ2n) is 6.04. The van der Waals surface area contributed by atoms with Crippen LogP contribution >= 0.6 is 23.7 Å². The maximum Gasteiger partial charge on any atom is 0.258 e. The molecule has 0 radical (unpaired) electrons. The van der Waals surface area contributed by atoms with Gasteiger partial charge in [-0.05, 0) is 61.6 Å². The largest absolute Gasteiger partial charge is 0.497 e. The number of nitrogens with one attached hydrogen (secondary N) is 1. The third kappa shape index (κ3) is 5.62. The number of carbonyl (C=O) groups excluding carboxylic acids is 1. The normalized spacial score (nSPS) is 15.1. The van der Waals surface area contributed by atoms with Crippen molar-refractivity contribution in [3.8, 4) is 11.5 Å². The van der Waals surface area contributed by atoms with Crippen molar-refractivity contribution in [1.29, 1.82) is 0 Å². The molecule has 5 nitrogen and oxygen atoms in total. The first-order valence-electron chi connectivity index (χ1n) is 8.57. The molecule has 1 aromatic carbocycles. The van der Waals surface area contributed by atoms with Gasteiger partial charge < -0.3 is 14.8 Å². The highest BCUT2D eigenvalue weighted by molar-refractivity contribution is 7.10. The summed E-state index contributed by atoms with van der Waals surface area (Å²) in [6.45, 7) is 2.83. The maximum atomic E-state index is 12.2. The van der Waals surface area contributed by atoms with E-state index < -0.39 is 0 Å². The van der Waals surface area contributed by atoms with Crippen molar-refractivity contribution in [3.63, 3.8) is 0 Å². The zero-order valence-corrected chi connectivity index (χ0v) is 16.5. The van der Waals surface area contributed by atoms with Crippen molar-refractivity contribution in [2.45, 2.75) is 18.9 Å². The number of methoxy groups -OCH3 is 1. The van der Waals surface area contributed by atoms with E-state index in [4.69, 9.17) is 9.47 Å². The van der Waals surface area contributed by atoms with Crippen molar-refractivity contribution in [3.05, 3.63) is 46.7 Å². The summed E-state index contributed by atoms with van der Waals surface area (Å²) in [5.41, 5.74) is 0. The van der Waals surface area contributed by atoms with E-state index in [0.29, 0.717) is 12.3 Å². The molecule has 2 heterocycles. The Balaban J connectivity index is 0.00000243. The van der Waals surface area contributed by atoms with Crippen LogP contribution in [-0.4, -0.2) is 44.2 Å². The monoisotopic (exact) mass is 396 g/mol. The highest BCUT2D eigenvalue weighted by Gasteiger charge is 2.24. The minimum Gasteiger partial charge on any atom is -0.497 e. The van der Waals surface area contributed by atoms with Gasteiger partial charge >= 0.3 is 0 Å². The third-order valence-electron chi connectivity index (χ3n) is 4.37. The molecule has 1 N–H and O–H groups in total. The molecule has 0 aliphatic carbocycles. The van der Waals surface area contributed by atoms with E-state index in [-0.39, 0.29) is 31.0 Å². The molecule has 0 bridgehead atoms. The zero-order valence-electron chi connectivity index (χ0n) is 14.8. The predicted molar refractivity (Wildman–Crippen MR) is 107 cm³/mol. The molecule has 1 fully saturated rings. The summed E-state index contributed by atoms with van der Waals surface area (Å²) >= 11 is 1.75. The van der Waals surface area contributed by atoms with Crippen molar-refractivity contribution in [2.75, 3.05) is 33.4 Å². The van der Waals surface area contributed by atoms with Crippen LogP contribution in [0.2, 0.25) is 0 Å². The summed E-state index contributed by atoms with van der Waals surface area (Å²) in [7, 11) is 1.62. The quantitative estimate of drug-likeness (QED) is 0.741. The number of amides is 1. The molecule has 142 valence electrons. The Hall–Kier alpha value is -1.76. The average molecular weight is 397 g/mol. The molecule has 26 heavy (non-hydrogen) atoms. The lowest BCUT2D eigenvalue weighted by Crippen LogP contribution is -2.38. The second kappa shape index (κ2) is 10.4. The molecule has 1 amide bonds. The lowest BCUT2D eigenvalue weighted by atomic mass is 10.2. The van der Waals surface area contributed by atoms with Crippen molar-refractivity contribution < 1.29 is 14.3 Å². The maximum absolute atomic E-state index is 12.2. The van der Waals surface area contributed by atoms with E-state index in [1.807, 2.05) is 12.1 Å². The molecular weight excluding hydrogens is 372 g/mol. The van der Waals surface area contributed by atoms with Crippen LogP contribution in [0.15, 0.2) is 41.8 Å². The van der Waals surface area contributed by atoms with Gasteiger partial charge in [0.05, 0.1) is 13.2 Å². The van der Waals surface area contributed by atoms with Crippen LogP contribution in [0.25, 0.3) is 0 Å². The summed E-state index contributed by atoms with van der Waals surface area (Å²) < 4.78 is 10.6. The van der Waals surface area contributed by atoms with Gasteiger partial charge in [-0.2, -0.15) is 0 Å². The van der Waals surface area contributed by atoms with Gasteiger partial charge in [0.2, 0.25) is 0 Å². The van der Waals surface area contributed by atoms with Crippen molar-refractivity contribution in [2.24, 2.45) is 0 Å². The standard InChI is InChI=1S/C19H24N2O3S.ClH/c1-23-15-6-8-16(9-7-15)24-14-19(22)20-13-17(18-5-4-12-25-18)21-10-2-3-11-21;/h4-9,12,17H,2-3,10-11,13-14H2,1H3,(H,20,22);1H. The number of ether oxygens (including phenoxy) is 2. The van der Waals surface area contributed by atoms with E-state index in [1.54, 1.807) is 30.6 Å². The fourth-order valence-corrected chi connectivity index (χ4v) is 3.89. The van der Waals surface area contributed by atoms with Gasteiger partial charge in [0.1, 0.15) is 11.5 Å². The van der Waals surface area contributed by atoms with Crippen LogP contribution in [-0.2, 0) is 4.79 Å². The van der Waals surface area contributed by atoms with Gasteiger partial charge in [-0.15, -0.1) is 23.7 Å². The number of halogens is 1. The van der Waals surface area contributed by atoms with Crippen molar-refractivity contribution >= 4 is 29.7 Å². The van der Waals surface area contributed by atoms with Crippen LogP contribution < -0.4 is 14.8 Å². The molecule has 2 aromatic rings. The summed E-state index contributed by atoms with van der Waals surface area (Å²) in [6.07, 6.45) is 2.47. The minimum absolute atomic E-state index is 0. The fraction of sp³-hybridized carbons (Fsp3) is 0.421. The Morgan fingerprint density at radius 3 is 2.50 bits per heavy atom. The first-order valence-corrected chi connectivity index (χ1v) is 9.45. The number of likely N-dealkylation sites (tertiary alicyclic amines) is 1. The summed E-state index contributed by atoms with van der Waals surface area (Å²) in [5.74, 6) is 1.32. The Kier molecular flexibility index (Phi) is 8.22. The number of thiophene rings is 1. The minimum atomic E-state index is -0.100. The fourth-order valence-electron chi connectivity index (χ4n) is 3.03. The first kappa shape index (κ1) is 20.6. The van der Waals surface area contributed by atoms with Crippen LogP contribution in [0, 0.1) is 0 Å². The van der Waals surface area contributed by atoms with Crippen molar-refractivity contribution in [1.82, 2.24) is 10.2 Å². The van der Waals surface area contributed by atoms with Gasteiger partial charge in [-0.25, -0.2) is 0 Å². The first-order chi connectivity index (χ1) is 12.3. The smallest absolute Gasteiger partial charge is 0.258 e. The zero-order chi connectivity index (χ0) is 17.5. The number of hydrogen-bond acceptors (Lipinski definition) is 5. The van der Waals surface area contributed by atoms with E-state index in [0.717, 1.165) is 18.8 Å². The van der Waals surface area contributed by atoms with Crippen LogP contribution in [0.1, 0.15) is 23.8 Å². The van der Waals surface area contributed by atoms with Gasteiger partial charge in [0.25, 0.3) is 5.91 Å². The second-order valence-corrected chi connectivity index (χ2v) is 7.02. The van der Waals surface area contributed by atoms with Gasteiger partial charge in [0.15, 0.2) is 6.61 Å². The summed E-state index contributed by atoms with van der Waals surface area (Å²) in [6, 6.07) is 11.7. The summed E-state index contributed by atoms with van der Waals surface area (Å²) in [4.78, 5) is 15.9. The molecule has 0 saturated carbocycles. The molecular formula is C19H25ClN2O3S. The lowest BCUT2D eigenvalue weighted by Gasteiger charge is -2.26. The Bertz CT molecular complexity index is 658. The number of carbonyl (C=O) groups is 1. The molecule has 7 heteroatoms. The van der Waals surface area contributed by atoms with Crippen LogP contribution in [0.3, 0.4) is 0 Å². The number of hydrogen-bond donors (Lipinski definition) is 1. The Morgan fingerprint density at radius 2 is 1.88 bits per heavy atom. The van der Waals surface area contributed by atoms with Gasteiger partial charge in [0, 0.05) is 11.4 Å². The Labute approximate surface area is 164 Å². The number of benzene rings is 1. The van der Waals surface area contributed by atoms with Gasteiger partial charge in [-0.3, -0.25) is 9.69 Å². The van der Waals surface area contributed by atoms with Crippen LogP contribution in [0.4, 0.5) is 0 Å². The number of rotatable bonds is 8. The van der Waals surface area contributed by atoms with E-state index in [9.17, 15) is 4.79 Å². The highest BCUT2D eigenvalue weighted by atomic mass is 35.5. The lowest BCUT2D eigenvalue weighted by molar-refractivity contribution is -0.123. The average Bonchev–Trinajstić information content (AvgIpc) is 3.35. The number of nitrogens with zero attached hydrogens (tertiary/aromatic N) is 1. The highest BCUT2D eigenvalue weighted by Crippen LogP contribution is 2.27. The SMILES string of the molecule is COc1ccc(OCC(=O)NCC(c2cccs2)N2CCCC2)cc1.Cl.